The van der Waals surface area contributed by atoms with E-state index in [-0.39, 0.29) is 6.04 Å². The first-order valence-electron chi connectivity index (χ1n) is 6.98. The summed E-state index contributed by atoms with van der Waals surface area (Å²) in [5, 5.41) is 4.76. The molecular formula is C17H19Cl2NO. The van der Waals surface area contributed by atoms with Gasteiger partial charge in [-0.25, -0.2) is 0 Å². The fraction of sp³-hybridized carbons (Fsp3) is 0.294. The Morgan fingerprint density at radius 2 is 1.95 bits per heavy atom. The predicted octanol–water partition coefficient (Wildman–Crippen LogP) is 4.90. The van der Waals surface area contributed by atoms with Gasteiger partial charge in [0, 0.05) is 16.1 Å². The van der Waals surface area contributed by atoms with E-state index in [1.807, 2.05) is 38.2 Å². The highest BCUT2D eigenvalue weighted by Crippen LogP contribution is 2.27. The molecule has 0 radical (unpaired) electrons. The van der Waals surface area contributed by atoms with Crippen LogP contribution < -0.4 is 10.1 Å². The zero-order valence-electron chi connectivity index (χ0n) is 12.2. The molecule has 1 unspecified atom stereocenters. The van der Waals surface area contributed by atoms with Gasteiger partial charge in [0.05, 0.1) is 6.61 Å². The highest BCUT2D eigenvalue weighted by molar-refractivity contribution is 6.33. The number of hydrogen-bond donors (Lipinski definition) is 1. The molecule has 112 valence electrons. The molecule has 0 saturated carbocycles. The van der Waals surface area contributed by atoms with Crippen molar-refractivity contribution in [3.63, 3.8) is 0 Å². The highest BCUT2D eigenvalue weighted by Gasteiger charge is 2.13. The Morgan fingerprint density at radius 3 is 2.67 bits per heavy atom. The lowest BCUT2D eigenvalue weighted by Crippen LogP contribution is -2.19. The number of likely N-dealkylation sites (N-methyl/N-ethyl adjacent to an activating group) is 1. The number of ether oxygens (including phenoxy) is 1. The lowest BCUT2D eigenvalue weighted by molar-refractivity contribution is 0.339. The monoisotopic (exact) mass is 323 g/mol. The molecule has 2 rings (SSSR count). The Balaban J connectivity index is 2.23. The standard InChI is InChI=1S/C17H19Cl2NO/c1-3-21-15-6-4-5-12(10-15)17(20-2)11-13-9-14(18)7-8-16(13)19/h4-10,17,20H,3,11H2,1-2H3. The largest absolute Gasteiger partial charge is 0.494 e. The average molecular weight is 324 g/mol. The maximum Gasteiger partial charge on any atom is 0.119 e. The summed E-state index contributed by atoms with van der Waals surface area (Å²) in [6.07, 6.45) is 0.769. The minimum absolute atomic E-state index is 0.154. The van der Waals surface area contributed by atoms with Crippen LogP contribution in [0.1, 0.15) is 24.1 Å². The van der Waals surface area contributed by atoms with Crippen LogP contribution in [0.4, 0.5) is 0 Å². The fourth-order valence-electron chi connectivity index (χ4n) is 2.29. The molecule has 0 aliphatic rings. The van der Waals surface area contributed by atoms with Gasteiger partial charge in [0.25, 0.3) is 0 Å². The molecule has 1 N–H and O–H groups in total. The molecule has 0 aliphatic heterocycles. The fourth-order valence-corrected chi connectivity index (χ4v) is 2.68. The van der Waals surface area contributed by atoms with E-state index in [4.69, 9.17) is 27.9 Å². The van der Waals surface area contributed by atoms with Crippen molar-refractivity contribution in [2.24, 2.45) is 0 Å². The smallest absolute Gasteiger partial charge is 0.119 e. The van der Waals surface area contributed by atoms with Crippen molar-refractivity contribution < 1.29 is 4.74 Å². The molecule has 0 saturated heterocycles. The number of benzene rings is 2. The Bertz CT molecular complexity index is 601. The van der Waals surface area contributed by atoms with Crippen molar-refractivity contribution in [3.8, 4) is 5.75 Å². The van der Waals surface area contributed by atoms with Crippen LogP contribution in [0.15, 0.2) is 42.5 Å². The van der Waals surface area contributed by atoms with Crippen LogP contribution >= 0.6 is 23.2 Å². The van der Waals surface area contributed by atoms with Gasteiger partial charge in [-0.05, 0) is 61.9 Å². The van der Waals surface area contributed by atoms with Crippen LogP contribution in [0, 0.1) is 0 Å². The van der Waals surface area contributed by atoms with Crippen LogP contribution in [-0.2, 0) is 6.42 Å². The highest BCUT2D eigenvalue weighted by atomic mass is 35.5. The summed E-state index contributed by atoms with van der Waals surface area (Å²) in [7, 11) is 1.94. The van der Waals surface area contributed by atoms with E-state index >= 15 is 0 Å². The second-order valence-electron chi connectivity index (χ2n) is 4.79. The van der Waals surface area contributed by atoms with Gasteiger partial charge in [-0.1, -0.05) is 35.3 Å². The molecule has 0 fully saturated rings. The van der Waals surface area contributed by atoms with Crippen molar-refractivity contribution in [1.82, 2.24) is 5.32 Å². The van der Waals surface area contributed by atoms with Crippen molar-refractivity contribution in [1.29, 1.82) is 0 Å². The van der Waals surface area contributed by atoms with E-state index in [1.54, 1.807) is 6.07 Å². The Labute approximate surface area is 136 Å². The van der Waals surface area contributed by atoms with Crippen molar-refractivity contribution >= 4 is 23.2 Å². The third kappa shape index (κ3) is 4.37. The van der Waals surface area contributed by atoms with Crippen molar-refractivity contribution in [3.05, 3.63) is 63.6 Å². The van der Waals surface area contributed by atoms with Gasteiger partial charge in [0.15, 0.2) is 0 Å². The summed E-state index contributed by atoms with van der Waals surface area (Å²) in [6, 6.07) is 13.8. The van der Waals surface area contributed by atoms with E-state index in [2.05, 4.69) is 17.4 Å². The SMILES string of the molecule is CCOc1cccc(C(Cc2cc(Cl)ccc2Cl)NC)c1. The molecule has 21 heavy (non-hydrogen) atoms. The van der Waals surface area contributed by atoms with Crippen LogP contribution in [0.5, 0.6) is 5.75 Å². The third-order valence-corrected chi connectivity index (χ3v) is 3.96. The summed E-state index contributed by atoms with van der Waals surface area (Å²) in [4.78, 5) is 0. The molecule has 4 heteroatoms. The quantitative estimate of drug-likeness (QED) is 0.816. The van der Waals surface area contributed by atoms with E-state index < -0.39 is 0 Å². The van der Waals surface area contributed by atoms with E-state index in [0.29, 0.717) is 11.6 Å². The van der Waals surface area contributed by atoms with Crippen LogP contribution in [0.25, 0.3) is 0 Å². The average Bonchev–Trinajstić information content (AvgIpc) is 2.49. The first-order chi connectivity index (χ1) is 10.1. The summed E-state index contributed by atoms with van der Waals surface area (Å²) < 4.78 is 5.56. The summed E-state index contributed by atoms with van der Waals surface area (Å²) in [6.45, 7) is 2.64. The minimum Gasteiger partial charge on any atom is -0.494 e. The number of rotatable bonds is 6. The first-order valence-corrected chi connectivity index (χ1v) is 7.73. The molecule has 2 aromatic carbocycles. The molecule has 2 nitrogen and oxygen atoms in total. The molecular weight excluding hydrogens is 305 g/mol. The molecule has 0 spiro atoms. The van der Waals surface area contributed by atoms with E-state index in [9.17, 15) is 0 Å². The van der Waals surface area contributed by atoms with Gasteiger partial charge in [-0.15, -0.1) is 0 Å². The van der Waals surface area contributed by atoms with Gasteiger partial charge in [-0.2, -0.15) is 0 Å². The second kappa shape index (κ2) is 7.69. The maximum absolute atomic E-state index is 6.25. The van der Waals surface area contributed by atoms with Gasteiger partial charge in [0.2, 0.25) is 0 Å². The topological polar surface area (TPSA) is 21.3 Å². The molecule has 0 heterocycles. The summed E-state index contributed by atoms with van der Waals surface area (Å²) in [5.41, 5.74) is 2.20. The maximum atomic E-state index is 6.25. The normalized spacial score (nSPS) is 12.2. The molecule has 0 aromatic heterocycles. The van der Waals surface area contributed by atoms with Crippen molar-refractivity contribution in [2.75, 3.05) is 13.7 Å². The second-order valence-corrected chi connectivity index (χ2v) is 5.63. The van der Waals surface area contributed by atoms with Crippen LogP contribution in [-0.4, -0.2) is 13.7 Å². The van der Waals surface area contributed by atoms with Gasteiger partial charge < -0.3 is 10.1 Å². The zero-order valence-corrected chi connectivity index (χ0v) is 13.7. The van der Waals surface area contributed by atoms with E-state index in [0.717, 1.165) is 22.8 Å². The minimum atomic E-state index is 0.154. The Kier molecular flexibility index (Phi) is 5.92. The molecule has 0 amide bonds. The number of hydrogen-bond acceptors (Lipinski definition) is 2. The lowest BCUT2D eigenvalue weighted by atomic mass is 9.99. The van der Waals surface area contributed by atoms with Gasteiger partial charge >= 0.3 is 0 Å². The molecule has 2 aromatic rings. The Hall–Kier alpha value is -1.22. The predicted molar refractivity (Wildman–Crippen MR) is 89.6 cm³/mol. The Morgan fingerprint density at radius 1 is 1.14 bits per heavy atom. The van der Waals surface area contributed by atoms with Gasteiger partial charge in [0.1, 0.15) is 5.75 Å². The molecule has 0 bridgehead atoms. The van der Waals surface area contributed by atoms with Crippen molar-refractivity contribution in [2.45, 2.75) is 19.4 Å². The lowest BCUT2D eigenvalue weighted by Gasteiger charge is -2.18. The first kappa shape index (κ1) is 16.2. The third-order valence-electron chi connectivity index (χ3n) is 3.35. The molecule has 1 atom stereocenters. The zero-order chi connectivity index (χ0) is 15.2. The number of halogens is 2. The van der Waals surface area contributed by atoms with Gasteiger partial charge in [-0.3, -0.25) is 0 Å². The van der Waals surface area contributed by atoms with Crippen LogP contribution in [0.3, 0.4) is 0 Å². The van der Waals surface area contributed by atoms with Crippen LogP contribution in [0.2, 0.25) is 10.0 Å². The summed E-state index contributed by atoms with van der Waals surface area (Å²) in [5.74, 6) is 0.882. The molecule has 0 aliphatic carbocycles. The number of nitrogens with one attached hydrogen (secondary N) is 1. The summed E-state index contributed by atoms with van der Waals surface area (Å²) >= 11 is 12.3. The van der Waals surface area contributed by atoms with E-state index in [1.165, 1.54) is 5.56 Å².